The summed E-state index contributed by atoms with van der Waals surface area (Å²) in [6.07, 6.45) is 1.92. The van der Waals surface area contributed by atoms with Crippen LogP contribution in [0, 0.1) is 12.7 Å². The molecule has 0 atom stereocenters. The van der Waals surface area contributed by atoms with Gasteiger partial charge in [-0.25, -0.2) is 9.18 Å². The molecule has 1 fully saturated rings. The van der Waals surface area contributed by atoms with Crippen LogP contribution in [0.1, 0.15) is 29.9 Å². The molecule has 2 amide bonds. The fraction of sp³-hybridized carbons (Fsp3) is 0.316. The van der Waals surface area contributed by atoms with E-state index in [0.29, 0.717) is 11.6 Å². The van der Waals surface area contributed by atoms with E-state index in [0.717, 1.165) is 25.9 Å². The topological polar surface area (TPSA) is 32.3 Å². The number of hydrogen-bond donors (Lipinski definition) is 1. The summed E-state index contributed by atoms with van der Waals surface area (Å²) < 4.78 is 13.2. The maximum absolute atomic E-state index is 13.2. The normalized spacial score (nSPS) is 15.5. The van der Waals surface area contributed by atoms with Gasteiger partial charge in [-0.1, -0.05) is 30.3 Å². The van der Waals surface area contributed by atoms with Gasteiger partial charge in [-0.3, -0.25) is 0 Å². The van der Waals surface area contributed by atoms with Crippen molar-refractivity contribution in [2.45, 2.75) is 25.7 Å². The molecule has 3 nitrogen and oxygen atoms in total. The van der Waals surface area contributed by atoms with Crippen LogP contribution in [0.3, 0.4) is 0 Å². The van der Waals surface area contributed by atoms with Crippen molar-refractivity contribution in [1.29, 1.82) is 0 Å². The molecule has 1 aliphatic heterocycles. The first-order valence-corrected chi connectivity index (χ1v) is 8.00. The van der Waals surface area contributed by atoms with Gasteiger partial charge >= 0.3 is 6.03 Å². The molecule has 1 aliphatic rings. The maximum Gasteiger partial charge on any atom is 0.321 e. The number of carbonyl (C=O) groups excluding carboxylic acids is 1. The van der Waals surface area contributed by atoms with Crippen molar-refractivity contribution >= 4 is 11.7 Å². The fourth-order valence-electron chi connectivity index (χ4n) is 3.21. The summed E-state index contributed by atoms with van der Waals surface area (Å²) in [4.78, 5) is 14.1. The Labute approximate surface area is 136 Å². The first-order chi connectivity index (χ1) is 11.1. The predicted octanol–water partition coefficient (Wildman–Crippen LogP) is 4.55. The number of aryl methyl sites for hydroxylation is 1. The highest BCUT2D eigenvalue weighted by Crippen LogP contribution is 2.30. The molecule has 0 spiro atoms. The number of nitrogens with zero attached hydrogens (tertiary/aromatic N) is 1. The number of amides is 2. The van der Waals surface area contributed by atoms with Crippen molar-refractivity contribution in [2.75, 3.05) is 18.4 Å². The Morgan fingerprint density at radius 2 is 1.87 bits per heavy atom. The third-order valence-electron chi connectivity index (χ3n) is 4.49. The standard InChI is InChI=1S/C19H21FN2O/c1-14-5-2-3-8-18(14)15-9-11-22(12-10-15)19(23)21-17-7-4-6-16(20)13-17/h2-8,13,15H,9-12H2,1H3,(H,21,23). The van der Waals surface area contributed by atoms with E-state index in [4.69, 9.17) is 0 Å². The van der Waals surface area contributed by atoms with Gasteiger partial charge in [-0.2, -0.15) is 0 Å². The van der Waals surface area contributed by atoms with Crippen LogP contribution in [-0.2, 0) is 0 Å². The van der Waals surface area contributed by atoms with Crippen LogP contribution in [0.5, 0.6) is 0 Å². The first-order valence-electron chi connectivity index (χ1n) is 8.00. The molecule has 1 heterocycles. The van der Waals surface area contributed by atoms with Crippen LogP contribution in [0.25, 0.3) is 0 Å². The number of hydrogen-bond acceptors (Lipinski definition) is 1. The molecule has 1 saturated heterocycles. The molecular formula is C19H21FN2O. The Bertz CT molecular complexity index is 693. The van der Waals surface area contributed by atoms with Crippen LogP contribution in [-0.4, -0.2) is 24.0 Å². The number of anilines is 1. The Hall–Kier alpha value is -2.36. The highest BCUT2D eigenvalue weighted by Gasteiger charge is 2.24. The van der Waals surface area contributed by atoms with Crippen molar-refractivity contribution in [3.8, 4) is 0 Å². The largest absolute Gasteiger partial charge is 0.324 e. The summed E-state index contributed by atoms with van der Waals surface area (Å²) in [5, 5.41) is 2.77. The molecule has 3 rings (SSSR count). The summed E-state index contributed by atoms with van der Waals surface area (Å²) in [5.74, 6) is 0.162. The van der Waals surface area contributed by atoms with E-state index < -0.39 is 0 Å². The lowest BCUT2D eigenvalue weighted by molar-refractivity contribution is 0.194. The van der Waals surface area contributed by atoms with Crippen LogP contribution >= 0.6 is 0 Å². The van der Waals surface area contributed by atoms with Crippen molar-refractivity contribution in [3.63, 3.8) is 0 Å². The summed E-state index contributed by atoms with van der Waals surface area (Å²) in [6.45, 7) is 3.58. The molecule has 120 valence electrons. The average molecular weight is 312 g/mol. The van der Waals surface area contributed by atoms with Gasteiger partial charge in [0.05, 0.1) is 0 Å². The summed E-state index contributed by atoms with van der Waals surface area (Å²) >= 11 is 0. The number of urea groups is 1. The minimum absolute atomic E-state index is 0.154. The van der Waals surface area contributed by atoms with E-state index in [9.17, 15) is 9.18 Å². The number of rotatable bonds is 2. The van der Waals surface area contributed by atoms with Gasteiger partial charge in [0.25, 0.3) is 0 Å². The molecule has 23 heavy (non-hydrogen) atoms. The molecule has 2 aromatic rings. The van der Waals surface area contributed by atoms with Gasteiger partial charge < -0.3 is 10.2 Å². The molecule has 0 unspecified atom stereocenters. The zero-order valence-electron chi connectivity index (χ0n) is 13.3. The van der Waals surface area contributed by atoms with Crippen molar-refractivity contribution in [3.05, 3.63) is 65.5 Å². The molecular weight excluding hydrogens is 291 g/mol. The van der Waals surface area contributed by atoms with Gasteiger partial charge in [0.15, 0.2) is 0 Å². The van der Waals surface area contributed by atoms with Gasteiger partial charge in [0.1, 0.15) is 5.82 Å². The SMILES string of the molecule is Cc1ccccc1C1CCN(C(=O)Nc2cccc(F)c2)CC1. The van der Waals surface area contributed by atoms with E-state index in [1.54, 1.807) is 17.0 Å². The number of carbonyl (C=O) groups is 1. The minimum atomic E-state index is -0.346. The molecule has 0 aromatic heterocycles. The van der Waals surface area contributed by atoms with Crippen LogP contribution < -0.4 is 5.32 Å². The predicted molar refractivity (Wildman–Crippen MR) is 90.1 cm³/mol. The van der Waals surface area contributed by atoms with Crippen LogP contribution in [0.4, 0.5) is 14.9 Å². The number of nitrogens with one attached hydrogen (secondary N) is 1. The van der Waals surface area contributed by atoms with Crippen LogP contribution in [0.15, 0.2) is 48.5 Å². The number of likely N-dealkylation sites (tertiary alicyclic amines) is 1. The Morgan fingerprint density at radius 3 is 2.57 bits per heavy atom. The second kappa shape index (κ2) is 6.82. The molecule has 0 bridgehead atoms. The highest BCUT2D eigenvalue weighted by molar-refractivity contribution is 5.89. The van der Waals surface area contributed by atoms with E-state index in [1.807, 2.05) is 0 Å². The van der Waals surface area contributed by atoms with E-state index in [2.05, 4.69) is 36.5 Å². The molecule has 2 aromatic carbocycles. The zero-order chi connectivity index (χ0) is 16.2. The Kier molecular flexibility index (Phi) is 4.60. The molecule has 0 aliphatic carbocycles. The molecule has 4 heteroatoms. The molecule has 1 N–H and O–H groups in total. The van der Waals surface area contributed by atoms with Crippen molar-refractivity contribution < 1.29 is 9.18 Å². The van der Waals surface area contributed by atoms with Crippen LogP contribution in [0.2, 0.25) is 0 Å². The second-order valence-electron chi connectivity index (χ2n) is 6.06. The summed E-state index contributed by atoms with van der Waals surface area (Å²) in [7, 11) is 0. The van der Waals surface area contributed by atoms with E-state index in [-0.39, 0.29) is 11.8 Å². The maximum atomic E-state index is 13.2. The lowest BCUT2D eigenvalue weighted by atomic mass is 9.87. The summed E-state index contributed by atoms with van der Waals surface area (Å²) in [6, 6.07) is 14.3. The minimum Gasteiger partial charge on any atom is -0.324 e. The zero-order valence-corrected chi connectivity index (χ0v) is 13.3. The average Bonchev–Trinajstić information content (AvgIpc) is 2.55. The van der Waals surface area contributed by atoms with Crippen molar-refractivity contribution in [1.82, 2.24) is 4.90 Å². The van der Waals surface area contributed by atoms with Crippen molar-refractivity contribution in [2.24, 2.45) is 0 Å². The lowest BCUT2D eigenvalue weighted by Gasteiger charge is -2.32. The Balaban J connectivity index is 1.58. The van der Waals surface area contributed by atoms with E-state index in [1.165, 1.54) is 23.3 Å². The summed E-state index contributed by atoms with van der Waals surface area (Å²) in [5.41, 5.74) is 3.20. The van der Waals surface area contributed by atoms with Gasteiger partial charge in [-0.05, 0) is 55.0 Å². The number of piperidine rings is 1. The smallest absolute Gasteiger partial charge is 0.321 e. The van der Waals surface area contributed by atoms with E-state index >= 15 is 0 Å². The quantitative estimate of drug-likeness (QED) is 0.867. The first kappa shape index (κ1) is 15.5. The lowest BCUT2D eigenvalue weighted by Crippen LogP contribution is -2.40. The number of benzene rings is 2. The number of halogens is 1. The second-order valence-corrected chi connectivity index (χ2v) is 6.06. The highest BCUT2D eigenvalue weighted by atomic mass is 19.1. The van der Waals surface area contributed by atoms with Gasteiger partial charge in [0.2, 0.25) is 0 Å². The Morgan fingerprint density at radius 1 is 1.13 bits per heavy atom. The molecule has 0 saturated carbocycles. The van der Waals surface area contributed by atoms with Gasteiger partial charge in [-0.15, -0.1) is 0 Å². The third kappa shape index (κ3) is 3.70. The third-order valence-corrected chi connectivity index (χ3v) is 4.49. The monoisotopic (exact) mass is 312 g/mol. The van der Waals surface area contributed by atoms with Gasteiger partial charge in [0, 0.05) is 18.8 Å². The fourth-order valence-corrected chi connectivity index (χ4v) is 3.21. The molecule has 0 radical (unpaired) electrons.